The highest BCUT2D eigenvalue weighted by atomic mass is 16.3. The molecule has 1 heterocycles. The predicted molar refractivity (Wildman–Crippen MR) is 121 cm³/mol. The summed E-state index contributed by atoms with van der Waals surface area (Å²) in [6.45, 7) is 0. The summed E-state index contributed by atoms with van der Waals surface area (Å²) in [5.41, 5.74) is 3.74. The third-order valence-corrected chi connectivity index (χ3v) is 7.97. The van der Waals surface area contributed by atoms with Crippen molar-refractivity contribution in [2.24, 2.45) is 29.6 Å². The molecule has 0 atom stereocenters. The van der Waals surface area contributed by atoms with Gasteiger partial charge in [0.25, 0.3) is 0 Å². The minimum absolute atomic E-state index is 0.150. The van der Waals surface area contributed by atoms with Gasteiger partial charge in [0.05, 0.1) is 11.0 Å². The third kappa shape index (κ3) is 3.71. The number of anilines is 1. The molecular weight excluding hydrogens is 386 g/mol. The molecule has 0 unspecified atom stereocenters. The van der Waals surface area contributed by atoms with Crippen LogP contribution in [-0.2, 0) is 11.2 Å². The van der Waals surface area contributed by atoms with E-state index in [1.807, 2.05) is 30.3 Å². The van der Waals surface area contributed by atoms with Crippen LogP contribution in [0.4, 0.5) is 5.69 Å². The maximum atomic E-state index is 12.9. The first-order chi connectivity index (χ1) is 15.1. The number of H-pyrrole nitrogens is 1. The standard InChI is InChI=1S/C26H29N3O2/c30-21-4-1-15(2-5-21)12-25-28-23-6-3-20(13-24(23)29-25)27-26(31)14-22-18-8-16-7-17(10-18)11-19(22)9-16/h1-6,13,16-19,22,30H,7-12,14H2,(H,27,31)(H,28,29). The van der Waals surface area contributed by atoms with Gasteiger partial charge in [0.2, 0.25) is 5.91 Å². The lowest BCUT2D eigenvalue weighted by atomic mass is 9.51. The Balaban J connectivity index is 1.12. The molecule has 4 bridgehead atoms. The second kappa shape index (κ2) is 7.40. The molecule has 31 heavy (non-hydrogen) atoms. The van der Waals surface area contributed by atoms with Gasteiger partial charge in [0, 0.05) is 18.5 Å². The topological polar surface area (TPSA) is 78.0 Å². The number of imidazole rings is 1. The number of aromatic nitrogens is 2. The summed E-state index contributed by atoms with van der Waals surface area (Å²) in [5.74, 6) is 5.31. The van der Waals surface area contributed by atoms with Crippen molar-refractivity contribution in [2.45, 2.75) is 44.9 Å². The van der Waals surface area contributed by atoms with Crippen LogP contribution >= 0.6 is 0 Å². The van der Waals surface area contributed by atoms with E-state index in [1.165, 1.54) is 32.1 Å². The SMILES string of the molecule is O=C(CC1C2CC3CC(C2)CC1C3)Nc1ccc2[nH]c(Cc3ccc(O)cc3)nc2c1. The fourth-order valence-corrected chi connectivity index (χ4v) is 6.82. The second-order valence-electron chi connectivity index (χ2n) is 10.1. The number of hydrogen-bond donors (Lipinski definition) is 3. The summed E-state index contributed by atoms with van der Waals surface area (Å²) in [5, 5.41) is 12.6. The number of hydrogen-bond acceptors (Lipinski definition) is 3. The molecule has 4 aliphatic carbocycles. The van der Waals surface area contributed by atoms with Crippen LogP contribution in [0.15, 0.2) is 42.5 Å². The molecule has 0 saturated heterocycles. The minimum Gasteiger partial charge on any atom is -0.508 e. The van der Waals surface area contributed by atoms with Crippen LogP contribution in [0.2, 0.25) is 0 Å². The number of rotatable bonds is 5. The zero-order chi connectivity index (χ0) is 20.9. The molecule has 0 spiro atoms. The number of aromatic amines is 1. The average Bonchev–Trinajstić information content (AvgIpc) is 3.13. The first-order valence-electron chi connectivity index (χ1n) is 11.7. The maximum absolute atomic E-state index is 12.9. The molecule has 0 radical (unpaired) electrons. The number of nitrogens with zero attached hydrogens (tertiary/aromatic N) is 1. The number of benzene rings is 2. The Morgan fingerprint density at radius 3 is 2.42 bits per heavy atom. The molecule has 160 valence electrons. The zero-order valence-corrected chi connectivity index (χ0v) is 17.7. The summed E-state index contributed by atoms with van der Waals surface area (Å²) >= 11 is 0. The van der Waals surface area contributed by atoms with E-state index in [1.54, 1.807) is 12.1 Å². The monoisotopic (exact) mass is 415 g/mol. The average molecular weight is 416 g/mol. The first kappa shape index (κ1) is 18.9. The lowest BCUT2D eigenvalue weighted by molar-refractivity contribution is -0.121. The molecule has 5 heteroatoms. The number of carbonyl (C=O) groups excluding carboxylic acids is 1. The molecule has 2 aromatic carbocycles. The van der Waals surface area contributed by atoms with Crippen molar-refractivity contribution in [1.82, 2.24) is 9.97 Å². The molecule has 3 aromatic rings. The van der Waals surface area contributed by atoms with Crippen LogP contribution in [0.25, 0.3) is 11.0 Å². The Labute approximate surface area is 182 Å². The summed E-state index contributed by atoms with van der Waals surface area (Å²) < 4.78 is 0. The number of phenols is 1. The zero-order valence-electron chi connectivity index (χ0n) is 17.7. The van der Waals surface area contributed by atoms with E-state index in [0.717, 1.165) is 51.8 Å². The highest BCUT2D eigenvalue weighted by Crippen LogP contribution is 2.57. The van der Waals surface area contributed by atoms with Crippen LogP contribution in [0.5, 0.6) is 5.75 Å². The van der Waals surface area contributed by atoms with Gasteiger partial charge in [-0.15, -0.1) is 0 Å². The Hall–Kier alpha value is -2.82. The van der Waals surface area contributed by atoms with Gasteiger partial charge in [-0.05, 0) is 97.6 Å². The van der Waals surface area contributed by atoms with Crippen LogP contribution in [0.1, 0.15) is 49.9 Å². The summed E-state index contributed by atoms with van der Waals surface area (Å²) in [6.07, 6.45) is 8.21. The van der Waals surface area contributed by atoms with Crippen molar-refractivity contribution < 1.29 is 9.90 Å². The summed E-state index contributed by atoms with van der Waals surface area (Å²) in [6, 6.07) is 13.1. The van der Waals surface area contributed by atoms with E-state index < -0.39 is 0 Å². The van der Waals surface area contributed by atoms with E-state index in [4.69, 9.17) is 4.98 Å². The van der Waals surface area contributed by atoms with Crippen molar-refractivity contribution in [3.8, 4) is 5.75 Å². The van der Waals surface area contributed by atoms with Crippen molar-refractivity contribution >= 4 is 22.6 Å². The van der Waals surface area contributed by atoms with E-state index in [-0.39, 0.29) is 11.7 Å². The number of phenolic OH excluding ortho intramolecular Hbond substituents is 1. The van der Waals surface area contributed by atoms with E-state index in [0.29, 0.717) is 18.8 Å². The van der Waals surface area contributed by atoms with E-state index in [2.05, 4.69) is 10.3 Å². The van der Waals surface area contributed by atoms with Crippen molar-refractivity contribution in [3.63, 3.8) is 0 Å². The van der Waals surface area contributed by atoms with Gasteiger partial charge in [-0.25, -0.2) is 4.98 Å². The van der Waals surface area contributed by atoms with E-state index >= 15 is 0 Å². The number of carbonyl (C=O) groups is 1. The molecule has 5 nitrogen and oxygen atoms in total. The molecule has 1 aromatic heterocycles. The molecule has 4 aliphatic rings. The van der Waals surface area contributed by atoms with E-state index in [9.17, 15) is 9.90 Å². The maximum Gasteiger partial charge on any atom is 0.224 e. The summed E-state index contributed by atoms with van der Waals surface area (Å²) in [4.78, 5) is 20.9. The first-order valence-corrected chi connectivity index (χ1v) is 11.7. The van der Waals surface area contributed by atoms with Gasteiger partial charge in [0.15, 0.2) is 0 Å². The Morgan fingerprint density at radius 1 is 1.00 bits per heavy atom. The molecule has 4 saturated carbocycles. The molecule has 4 fully saturated rings. The van der Waals surface area contributed by atoms with Gasteiger partial charge in [0.1, 0.15) is 11.6 Å². The Morgan fingerprint density at radius 2 is 1.71 bits per heavy atom. The number of fused-ring (bicyclic) bond motifs is 1. The lowest BCUT2D eigenvalue weighted by Gasteiger charge is -2.54. The minimum atomic E-state index is 0.150. The smallest absolute Gasteiger partial charge is 0.224 e. The fraction of sp³-hybridized carbons (Fsp3) is 0.462. The van der Waals surface area contributed by atoms with Crippen LogP contribution in [0, 0.1) is 29.6 Å². The van der Waals surface area contributed by atoms with Gasteiger partial charge in [-0.1, -0.05) is 12.1 Å². The van der Waals surface area contributed by atoms with Gasteiger partial charge in [-0.3, -0.25) is 4.79 Å². The highest BCUT2D eigenvalue weighted by molar-refractivity contribution is 5.93. The normalized spacial score (nSPS) is 28.8. The Kier molecular flexibility index (Phi) is 4.51. The summed E-state index contributed by atoms with van der Waals surface area (Å²) in [7, 11) is 0. The quantitative estimate of drug-likeness (QED) is 0.532. The van der Waals surface area contributed by atoms with Crippen LogP contribution < -0.4 is 5.32 Å². The molecule has 3 N–H and O–H groups in total. The Bertz CT molecular complexity index is 1090. The second-order valence-corrected chi connectivity index (χ2v) is 10.1. The van der Waals surface area contributed by atoms with Gasteiger partial charge < -0.3 is 15.4 Å². The van der Waals surface area contributed by atoms with Crippen molar-refractivity contribution in [1.29, 1.82) is 0 Å². The predicted octanol–water partition coefficient (Wildman–Crippen LogP) is 5.26. The number of aromatic hydroxyl groups is 1. The molecule has 0 aliphatic heterocycles. The van der Waals surface area contributed by atoms with Gasteiger partial charge >= 0.3 is 0 Å². The fourth-order valence-electron chi connectivity index (χ4n) is 6.82. The largest absolute Gasteiger partial charge is 0.508 e. The van der Waals surface area contributed by atoms with Crippen molar-refractivity contribution in [3.05, 3.63) is 53.9 Å². The number of amides is 1. The van der Waals surface area contributed by atoms with Gasteiger partial charge in [-0.2, -0.15) is 0 Å². The molecular formula is C26H29N3O2. The van der Waals surface area contributed by atoms with Crippen molar-refractivity contribution in [2.75, 3.05) is 5.32 Å². The van der Waals surface area contributed by atoms with Crippen LogP contribution in [0.3, 0.4) is 0 Å². The third-order valence-electron chi connectivity index (χ3n) is 7.97. The number of nitrogens with one attached hydrogen (secondary N) is 2. The molecule has 1 amide bonds. The molecule has 7 rings (SSSR count). The van der Waals surface area contributed by atoms with Crippen LogP contribution in [-0.4, -0.2) is 21.0 Å². The highest BCUT2D eigenvalue weighted by Gasteiger charge is 2.48. The lowest BCUT2D eigenvalue weighted by Crippen LogP contribution is -2.46.